The van der Waals surface area contributed by atoms with Gasteiger partial charge in [0.15, 0.2) is 0 Å². The first-order valence-corrected chi connectivity index (χ1v) is 13.6. The number of rotatable bonds is 8. The van der Waals surface area contributed by atoms with Crippen LogP contribution in [0.25, 0.3) is 10.8 Å². The van der Waals surface area contributed by atoms with Crippen LogP contribution in [0.4, 0.5) is 11.4 Å². The van der Waals surface area contributed by atoms with Crippen molar-refractivity contribution >= 4 is 44.0 Å². The van der Waals surface area contributed by atoms with Crippen molar-refractivity contribution in [3.05, 3.63) is 66.2 Å². The minimum atomic E-state index is -3.66. The number of benzene rings is 3. The number of carbonyl (C=O) groups is 2. The van der Waals surface area contributed by atoms with E-state index in [0.717, 1.165) is 22.9 Å². The van der Waals surface area contributed by atoms with E-state index in [1.165, 1.54) is 4.31 Å². The zero-order valence-corrected chi connectivity index (χ0v) is 21.0. The molecule has 1 fully saturated rings. The molecule has 0 aliphatic carbocycles. The zero-order valence-electron chi connectivity index (χ0n) is 20.1. The smallest absolute Gasteiger partial charge is 0.258 e. The number of ether oxygens (including phenoxy) is 1. The SMILES string of the molecule is COCCCN1C(=O)c2cccc3c(NC(=O)C4CCCN(S(=O)(=O)c5ccccc5)C4)ccc1c23. The van der Waals surface area contributed by atoms with Crippen LogP contribution in [0.3, 0.4) is 0 Å². The molecule has 1 saturated heterocycles. The molecule has 1 unspecified atom stereocenters. The van der Waals surface area contributed by atoms with E-state index in [-0.39, 0.29) is 23.3 Å². The number of hydrogen-bond acceptors (Lipinski definition) is 5. The Morgan fingerprint density at radius 3 is 2.67 bits per heavy atom. The van der Waals surface area contributed by atoms with Crippen LogP contribution in [0.1, 0.15) is 29.6 Å². The average Bonchev–Trinajstić information content (AvgIpc) is 3.18. The van der Waals surface area contributed by atoms with Crippen molar-refractivity contribution in [2.24, 2.45) is 5.92 Å². The summed E-state index contributed by atoms with van der Waals surface area (Å²) in [6, 6.07) is 17.5. The van der Waals surface area contributed by atoms with E-state index in [0.29, 0.717) is 43.8 Å². The van der Waals surface area contributed by atoms with Crippen LogP contribution in [0.5, 0.6) is 0 Å². The minimum absolute atomic E-state index is 0.0516. The van der Waals surface area contributed by atoms with Gasteiger partial charge in [-0.05, 0) is 49.6 Å². The van der Waals surface area contributed by atoms with Crippen molar-refractivity contribution in [1.29, 1.82) is 0 Å². The first-order chi connectivity index (χ1) is 17.4. The maximum Gasteiger partial charge on any atom is 0.258 e. The van der Waals surface area contributed by atoms with E-state index in [4.69, 9.17) is 4.74 Å². The van der Waals surface area contributed by atoms with Crippen molar-refractivity contribution in [2.75, 3.05) is 43.6 Å². The second kappa shape index (κ2) is 10.0. The Hall–Kier alpha value is -3.27. The second-order valence-electron chi connectivity index (χ2n) is 9.17. The maximum atomic E-state index is 13.3. The fourth-order valence-electron chi connectivity index (χ4n) is 5.10. The molecule has 1 atom stereocenters. The van der Waals surface area contributed by atoms with Crippen LogP contribution in [0.15, 0.2) is 65.6 Å². The highest BCUT2D eigenvalue weighted by Gasteiger charge is 2.34. The number of hydrogen-bond donors (Lipinski definition) is 1. The summed E-state index contributed by atoms with van der Waals surface area (Å²) >= 11 is 0. The third-order valence-electron chi connectivity index (χ3n) is 6.91. The summed E-state index contributed by atoms with van der Waals surface area (Å²) in [7, 11) is -2.02. The zero-order chi connectivity index (χ0) is 25.3. The molecular weight excluding hydrogens is 478 g/mol. The van der Waals surface area contributed by atoms with Gasteiger partial charge in [0.05, 0.1) is 16.5 Å². The van der Waals surface area contributed by atoms with Crippen LogP contribution >= 0.6 is 0 Å². The maximum absolute atomic E-state index is 13.3. The molecule has 5 rings (SSSR count). The molecule has 36 heavy (non-hydrogen) atoms. The fourth-order valence-corrected chi connectivity index (χ4v) is 6.64. The van der Waals surface area contributed by atoms with Gasteiger partial charge in [-0.25, -0.2) is 8.42 Å². The molecule has 3 aromatic rings. The predicted octanol–water partition coefficient (Wildman–Crippen LogP) is 3.88. The molecule has 0 spiro atoms. The normalized spacial score (nSPS) is 18.1. The lowest BCUT2D eigenvalue weighted by Gasteiger charge is -2.31. The van der Waals surface area contributed by atoms with Gasteiger partial charge in [0, 0.05) is 55.4 Å². The highest BCUT2D eigenvalue weighted by Crippen LogP contribution is 2.41. The first-order valence-electron chi connectivity index (χ1n) is 12.1. The van der Waals surface area contributed by atoms with E-state index < -0.39 is 15.9 Å². The van der Waals surface area contributed by atoms with Crippen molar-refractivity contribution in [2.45, 2.75) is 24.2 Å². The Bertz CT molecular complexity index is 1410. The lowest BCUT2D eigenvalue weighted by molar-refractivity contribution is -0.120. The number of anilines is 2. The van der Waals surface area contributed by atoms with Gasteiger partial charge in [0.1, 0.15) is 0 Å². The fraction of sp³-hybridized carbons (Fsp3) is 0.333. The molecule has 2 amide bonds. The number of amides is 2. The van der Waals surface area contributed by atoms with Gasteiger partial charge in [0.2, 0.25) is 15.9 Å². The standard InChI is InChI=1S/C27H29N3O5S/c1-35-17-7-16-30-24-14-13-23(21-11-5-12-22(25(21)24)27(30)32)28-26(31)19-8-6-15-29(18-19)36(33,34)20-9-3-2-4-10-20/h2-5,9-14,19H,6-8,15-18H2,1H3,(H,28,31). The van der Waals surface area contributed by atoms with Gasteiger partial charge in [-0.3, -0.25) is 9.59 Å². The second-order valence-corrected chi connectivity index (χ2v) is 11.1. The minimum Gasteiger partial charge on any atom is -0.385 e. The average molecular weight is 508 g/mol. The van der Waals surface area contributed by atoms with Gasteiger partial charge >= 0.3 is 0 Å². The summed E-state index contributed by atoms with van der Waals surface area (Å²) in [5.74, 6) is -0.735. The summed E-state index contributed by atoms with van der Waals surface area (Å²) in [5, 5.41) is 4.65. The quantitative estimate of drug-likeness (QED) is 0.467. The van der Waals surface area contributed by atoms with Crippen molar-refractivity contribution in [3.63, 3.8) is 0 Å². The number of methoxy groups -OCH3 is 1. The van der Waals surface area contributed by atoms with Gasteiger partial charge in [-0.2, -0.15) is 4.31 Å². The first kappa shape index (κ1) is 24.4. The Labute approximate surface area is 210 Å². The number of carbonyl (C=O) groups excluding carboxylic acids is 2. The Balaban J connectivity index is 1.37. The topological polar surface area (TPSA) is 96.0 Å². The van der Waals surface area contributed by atoms with Crippen molar-refractivity contribution in [1.82, 2.24) is 4.31 Å². The van der Waals surface area contributed by atoms with Crippen molar-refractivity contribution in [3.8, 4) is 0 Å². The molecule has 2 aliphatic rings. The van der Waals surface area contributed by atoms with Gasteiger partial charge in [-0.15, -0.1) is 0 Å². The molecular formula is C27H29N3O5S. The summed E-state index contributed by atoms with van der Waals surface area (Å²) in [6.45, 7) is 1.64. The number of sulfonamides is 1. The Kier molecular flexibility index (Phi) is 6.79. The highest BCUT2D eigenvalue weighted by molar-refractivity contribution is 7.89. The summed E-state index contributed by atoms with van der Waals surface area (Å²) in [5.41, 5.74) is 2.07. The number of nitrogens with one attached hydrogen (secondary N) is 1. The van der Waals surface area contributed by atoms with E-state index in [2.05, 4.69) is 5.32 Å². The number of nitrogens with zero attached hydrogens (tertiary/aromatic N) is 2. The van der Waals surface area contributed by atoms with E-state index >= 15 is 0 Å². The van der Waals surface area contributed by atoms with Gasteiger partial charge in [0.25, 0.3) is 5.91 Å². The largest absolute Gasteiger partial charge is 0.385 e. The van der Waals surface area contributed by atoms with Crippen molar-refractivity contribution < 1.29 is 22.7 Å². The van der Waals surface area contributed by atoms with Crippen LogP contribution in [0.2, 0.25) is 0 Å². The molecule has 0 aromatic heterocycles. The van der Waals surface area contributed by atoms with E-state index in [1.54, 1.807) is 42.3 Å². The molecule has 0 bridgehead atoms. The third kappa shape index (κ3) is 4.38. The van der Waals surface area contributed by atoms with Crippen LogP contribution < -0.4 is 10.2 Å². The Morgan fingerprint density at radius 1 is 1.08 bits per heavy atom. The van der Waals surface area contributed by atoms with Crippen LogP contribution in [-0.4, -0.2) is 57.9 Å². The van der Waals surface area contributed by atoms with E-state index in [1.807, 2.05) is 30.3 Å². The summed E-state index contributed by atoms with van der Waals surface area (Å²) < 4.78 is 32.7. The van der Waals surface area contributed by atoms with E-state index in [9.17, 15) is 18.0 Å². The predicted molar refractivity (Wildman–Crippen MR) is 139 cm³/mol. The molecule has 188 valence electrons. The molecule has 8 nitrogen and oxygen atoms in total. The molecule has 0 radical (unpaired) electrons. The number of piperidine rings is 1. The van der Waals surface area contributed by atoms with Crippen LogP contribution in [-0.2, 0) is 19.6 Å². The Morgan fingerprint density at radius 2 is 1.89 bits per heavy atom. The molecule has 2 aliphatic heterocycles. The van der Waals surface area contributed by atoms with Gasteiger partial charge in [-0.1, -0.05) is 30.3 Å². The van der Waals surface area contributed by atoms with Gasteiger partial charge < -0.3 is 15.0 Å². The molecule has 9 heteroatoms. The van der Waals surface area contributed by atoms with Crippen LogP contribution in [0, 0.1) is 5.92 Å². The summed E-state index contributed by atoms with van der Waals surface area (Å²) in [4.78, 5) is 28.3. The monoisotopic (exact) mass is 507 g/mol. The molecule has 1 N–H and O–H groups in total. The molecule has 3 aromatic carbocycles. The third-order valence-corrected chi connectivity index (χ3v) is 8.79. The molecule has 0 saturated carbocycles. The highest BCUT2D eigenvalue weighted by atomic mass is 32.2. The lowest BCUT2D eigenvalue weighted by atomic mass is 9.98. The summed E-state index contributed by atoms with van der Waals surface area (Å²) in [6.07, 6.45) is 1.94. The lowest BCUT2D eigenvalue weighted by Crippen LogP contribution is -2.43. The molecule has 2 heterocycles.